The van der Waals surface area contributed by atoms with Crippen molar-refractivity contribution in [2.75, 3.05) is 7.11 Å². The van der Waals surface area contributed by atoms with Crippen LogP contribution in [0.1, 0.15) is 61.8 Å². The van der Waals surface area contributed by atoms with Crippen molar-refractivity contribution in [3.63, 3.8) is 0 Å². The monoisotopic (exact) mass is 460 g/mol. The number of methoxy groups -OCH3 is 1. The number of carbonyl (C=O) groups excluding carboxylic acids is 2. The fraction of sp³-hybridized carbons (Fsp3) is 0.478. The highest BCUT2D eigenvalue weighted by Crippen LogP contribution is 2.37. The largest absolute Gasteiger partial charge is 0.481 e. The molecule has 4 heterocycles. The molecule has 10 nitrogen and oxygen atoms in total. The maximum Gasteiger partial charge on any atom is 0.309 e. The Morgan fingerprint density at radius 3 is 2.06 bits per heavy atom. The first-order chi connectivity index (χ1) is 15.7. The number of esters is 2. The molecule has 0 aliphatic carbocycles. The highest BCUT2D eigenvalue weighted by Gasteiger charge is 2.38. The van der Waals surface area contributed by atoms with Crippen LogP contribution in [-0.2, 0) is 43.5 Å². The summed E-state index contributed by atoms with van der Waals surface area (Å²) >= 11 is 0. The molecule has 2 unspecified atom stereocenters. The van der Waals surface area contributed by atoms with Gasteiger partial charge in [0.25, 0.3) is 5.56 Å². The first kappa shape index (κ1) is 24.4. The van der Waals surface area contributed by atoms with Crippen molar-refractivity contribution in [3.05, 3.63) is 57.1 Å². The Morgan fingerprint density at radius 1 is 0.970 bits per heavy atom. The van der Waals surface area contributed by atoms with Gasteiger partial charge in [-0.2, -0.15) is 0 Å². The Kier molecular flexibility index (Phi) is 7.19. The van der Waals surface area contributed by atoms with E-state index in [0.29, 0.717) is 41.0 Å². The average molecular weight is 460 g/mol. The fourth-order valence-electron chi connectivity index (χ4n) is 4.02. The molecule has 2 aromatic heterocycles. The quantitative estimate of drug-likeness (QED) is 0.580. The van der Waals surface area contributed by atoms with Gasteiger partial charge >= 0.3 is 11.9 Å². The number of carbonyl (C=O) groups is 2. The summed E-state index contributed by atoms with van der Waals surface area (Å²) in [5.41, 5.74) is -0.680. The SMILES string of the molecule is CCC1(O)CC(=O)OCc2c1cc[nH]c2=O.CCC1(O)CC(=O)OCc2c1ccnc2OC. The molecule has 0 radical (unpaired) electrons. The molecule has 2 aliphatic rings. The third kappa shape index (κ3) is 4.91. The summed E-state index contributed by atoms with van der Waals surface area (Å²) < 4.78 is 15.1. The zero-order valence-corrected chi connectivity index (χ0v) is 18.8. The Balaban J connectivity index is 0.000000186. The van der Waals surface area contributed by atoms with Gasteiger partial charge < -0.3 is 29.4 Å². The third-order valence-electron chi connectivity index (χ3n) is 6.07. The number of cyclic esters (lactones) is 2. The molecule has 0 amide bonds. The first-order valence-corrected chi connectivity index (χ1v) is 10.7. The lowest BCUT2D eigenvalue weighted by molar-refractivity contribution is -0.150. The van der Waals surface area contributed by atoms with E-state index in [-0.39, 0.29) is 31.6 Å². The third-order valence-corrected chi connectivity index (χ3v) is 6.07. The minimum absolute atomic E-state index is 0.0380. The molecule has 0 saturated heterocycles. The van der Waals surface area contributed by atoms with Crippen molar-refractivity contribution in [2.45, 2.75) is 63.9 Å². The molecule has 178 valence electrons. The lowest BCUT2D eigenvalue weighted by Gasteiger charge is -2.25. The van der Waals surface area contributed by atoms with E-state index >= 15 is 0 Å². The van der Waals surface area contributed by atoms with Crippen LogP contribution in [-0.4, -0.2) is 39.2 Å². The number of hydrogen-bond donors (Lipinski definition) is 3. The summed E-state index contributed by atoms with van der Waals surface area (Å²) in [5, 5.41) is 20.9. The number of aromatic amines is 1. The molecule has 33 heavy (non-hydrogen) atoms. The number of aliphatic hydroxyl groups is 2. The molecule has 0 aromatic carbocycles. The van der Waals surface area contributed by atoms with Gasteiger partial charge in [0.15, 0.2) is 0 Å². The molecular formula is C23H28N2O8. The average Bonchev–Trinajstić information content (AvgIpc) is 3.03. The first-order valence-electron chi connectivity index (χ1n) is 10.7. The molecule has 4 rings (SSSR count). The number of aromatic nitrogens is 2. The summed E-state index contributed by atoms with van der Waals surface area (Å²) in [6, 6.07) is 3.34. The predicted octanol–water partition coefficient (Wildman–Crippen LogP) is 1.55. The van der Waals surface area contributed by atoms with E-state index in [9.17, 15) is 24.6 Å². The maximum absolute atomic E-state index is 11.6. The van der Waals surface area contributed by atoms with Gasteiger partial charge in [-0.3, -0.25) is 14.4 Å². The van der Waals surface area contributed by atoms with E-state index in [4.69, 9.17) is 14.2 Å². The van der Waals surface area contributed by atoms with Crippen LogP contribution in [0.25, 0.3) is 0 Å². The van der Waals surface area contributed by atoms with Crippen LogP contribution in [0.2, 0.25) is 0 Å². The molecule has 0 saturated carbocycles. The molecular weight excluding hydrogens is 432 g/mol. The van der Waals surface area contributed by atoms with Gasteiger partial charge in [0, 0.05) is 12.4 Å². The maximum atomic E-state index is 11.6. The number of hydrogen-bond acceptors (Lipinski definition) is 9. The van der Waals surface area contributed by atoms with Crippen molar-refractivity contribution in [2.24, 2.45) is 0 Å². The van der Waals surface area contributed by atoms with E-state index in [0.717, 1.165) is 0 Å². The minimum atomic E-state index is -1.29. The Morgan fingerprint density at radius 2 is 1.52 bits per heavy atom. The summed E-state index contributed by atoms with van der Waals surface area (Å²) in [5.74, 6) is -0.503. The standard InChI is InChI=1S/C12H15NO4.C11H13NO4/c1-3-12(15)6-10(14)17-7-8-9(12)4-5-13-11(8)16-2;1-2-11(15)5-9(13)16-6-7-8(11)3-4-12-10(7)14/h4-5,15H,3,6-7H2,1-2H3;3-4,15H,2,5-6H2,1H3,(H,12,14). The van der Waals surface area contributed by atoms with Crippen molar-refractivity contribution in [3.8, 4) is 5.88 Å². The van der Waals surface area contributed by atoms with Crippen LogP contribution in [0.15, 0.2) is 29.3 Å². The van der Waals surface area contributed by atoms with Crippen LogP contribution in [0.5, 0.6) is 5.88 Å². The number of rotatable bonds is 3. The van der Waals surface area contributed by atoms with Crippen molar-refractivity contribution >= 4 is 11.9 Å². The molecule has 10 heteroatoms. The van der Waals surface area contributed by atoms with Crippen LogP contribution >= 0.6 is 0 Å². The second kappa shape index (κ2) is 9.72. The second-order valence-corrected chi connectivity index (χ2v) is 7.99. The zero-order chi connectivity index (χ0) is 24.2. The van der Waals surface area contributed by atoms with Gasteiger partial charge in [0.05, 0.1) is 31.1 Å². The van der Waals surface area contributed by atoms with Crippen molar-refractivity contribution in [1.82, 2.24) is 9.97 Å². The number of nitrogens with one attached hydrogen (secondary N) is 1. The number of fused-ring (bicyclic) bond motifs is 2. The van der Waals surface area contributed by atoms with Crippen LogP contribution in [0, 0.1) is 0 Å². The summed E-state index contributed by atoms with van der Waals surface area (Å²) in [6.07, 6.45) is 3.68. The highest BCUT2D eigenvalue weighted by molar-refractivity contribution is 5.72. The normalized spacial score (nSPS) is 24.0. The van der Waals surface area contributed by atoms with E-state index in [1.165, 1.54) is 13.3 Å². The van der Waals surface area contributed by atoms with Crippen molar-refractivity contribution in [1.29, 1.82) is 0 Å². The summed E-state index contributed by atoms with van der Waals surface area (Å²) in [6.45, 7) is 3.61. The molecule has 0 fully saturated rings. The van der Waals surface area contributed by atoms with Crippen molar-refractivity contribution < 1.29 is 34.0 Å². The Labute approximate surface area is 190 Å². The number of pyridine rings is 2. The summed E-state index contributed by atoms with van der Waals surface area (Å²) in [7, 11) is 1.50. The van der Waals surface area contributed by atoms with Gasteiger partial charge in [0.1, 0.15) is 24.4 Å². The highest BCUT2D eigenvalue weighted by atomic mass is 16.5. The van der Waals surface area contributed by atoms with E-state index in [2.05, 4.69) is 9.97 Å². The van der Waals surface area contributed by atoms with E-state index < -0.39 is 23.1 Å². The van der Waals surface area contributed by atoms with Gasteiger partial charge in [-0.15, -0.1) is 0 Å². The zero-order valence-electron chi connectivity index (χ0n) is 18.8. The van der Waals surface area contributed by atoms with Gasteiger partial charge in [-0.1, -0.05) is 13.8 Å². The van der Waals surface area contributed by atoms with Crippen LogP contribution < -0.4 is 10.3 Å². The fourth-order valence-corrected chi connectivity index (χ4v) is 4.02. The van der Waals surface area contributed by atoms with Gasteiger partial charge in [0.2, 0.25) is 5.88 Å². The number of ether oxygens (including phenoxy) is 3. The molecule has 3 N–H and O–H groups in total. The van der Waals surface area contributed by atoms with Gasteiger partial charge in [-0.25, -0.2) is 4.98 Å². The molecule has 2 atom stereocenters. The van der Waals surface area contributed by atoms with E-state index in [1.807, 2.05) is 6.92 Å². The predicted molar refractivity (Wildman–Crippen MR) is 115 cm³/mol. The van der Waals surface area contributed by atoms with E-state index in [1.54, 1.807) is 25.3 Å². The smallest absolute Gasteiger partial charge is 0.309 e. The van der Waals surface area contributed by atoms with Gasteiger partial charge in [-0.05, 0) is 36.1 Å². The molecule has 2 aliphatic heterocycles. The Hall–Kier alpha value is -3.24. The van der Waals surface area contributed by atoms with Crippen LogP contribution in [0.3, 0.4) is 0 Å². The minimum Gasteiger partial charge on any atom is -0.481 e. The number of nitrogens with zero attached hydrogens (tertiary/aromatic N) is 1. The second-order valence-electron chi connectivity index (χ2n) is 7.99. The topological polar surface area (TPSA) is 148 Å². The summed E-state index contributed by atoms with van der Waals surface area (Å²) in [4.78, 5) is 41.0. The molecule has 2 aromatic rings. The lowest BCUT2D eigenvalue weighted by atomic mass is 9.86. The molecule has 0 spiro atoms. The number of H-pyrrole nitrogens is 1. The molecule has 0 bridgehead atoms. The Bertz CT molecular complexity index is 1100. The van der Waals surface area contributed by atoms with Crippen LogP contribution in [0.4, 0.5) is 0 Å². The lowest BCUT2D eigenvalue weighted by Crippen LogP contribution is -2.29.